The molecule has 1 aromatic carbocycles. The molecule has 1 N–H and O–H groups in total. The summed E-state index contributed by atoms with van der Waals surface area (Å²) in [7, 11) is 1.59. The smallest absolute Gasteiger partial charge is 0.122 e. The first-order valence-electron chi connectivity index (χ1n) is 4.34. The molecule has 1 aromatic rings. The van der Waals surface area contributed by atoms with Gasteiger partial charge >= 0.3 is 0 Å². The zero-order valence-electron chi connectivity index (χ0n) is 8.03. The van der Waals surface area contributed by atoms with Gasteiger partial charge in [-0.1, -0.05) is 12.1 Å². The van der Waals surface area contributed by atoms with Gasteiger partial charge in [0.15, 0.2) is 0 Å². The van der Waals surface area contributed by atoms with E-state index in [9.17, 15) is 4.39 Å². The van der Waals surface area contributed by atoms with Crippen LogP contribution >= 0.6 is 0 Å². The predicted molar refractivity (Wildman–Crippen MR) is 53.0 cm³/mol. The maximum atomic E-state index is 12.6. The molecule has 0 unspecified atom stereocenters. The van der Waals surface area contributed by atoms with Crippen molar-refractivity contribution in [2.45, 2.75) is 6.42 Å². The normalized spacial score (nSPS) is 11.5. The van der Waals surface area contributed by atoms with Crippen LogP contribution in [0.1, 0.15) is 5.56 Å². The Morgan fingerprint density at radius 3 is 3.00 bits per heavy atom. The van der Waals surface area contributed by atoms with E-state index in [1.807, 2.05) is 24.3 Å². The van der Waals surface area contributed by atoms with E-state index in [2.05, 4.69) is 0 Å². The maximum Gasteiger partial charge on any atom is 0.122 e. The Morgan fingerprint density at radius 1 is 1.57 bits per heavy atom. The standard InChI is InChI=1S/C11H13FO2/c1-14-11-4-2-3-9(7-11)5-6-10(12)8-13/h2-4,6-7,13H,5,8H2,1H3/b10-6+. The monoisotopic (exact) mass is 196 g/mol. The van der Waals surface area contributed by atoms with Crippen molar-refractivity contribution in [1.82, 2.24) is 0 Å². The molecule has 1 rings (SSSR count). The molecule has 0 bridgehead atoms. The summed E-state index contributed by atoms with van der Waals surface area (Å²) >= 11 is 0. The molecule has 0 fully saturated rings. The molecule has 3 heteroatoms. The van der Waals surface area contributed by atoms with Crippen molar-refractivity contribution in [2.24, 2.45) is 0 Å². The average Bonchev–Trinajstić information content (AvgIpc) is 2.26. The molecular formula is C11H13FO2. The van der Waals surface area contributed by atoms with E-state index in [-0.39, 0.29) is 0 Å². The van der Waals surface area contributed by atoms with Crippen molar-refractivity contribution >= 4 is 0 Å². The number of rotatable bonds is 4. The van der Waals surface area contributed by atoms with Crippen LogP contribution in [0, 0.1) is 0 Å². The van der Waals surface area contributed by atoms with Gasteiger partial charge in [-0.3, -0.25) is 0 Å². The first kappa shape index (κ1) is 10.7. The first-order valence-corrected chi connectivity index (χ1v) is 4.34. The Bertz CT molecular complexity index is 321. The molecule has 0 atom stereocenters. The van der Waals surface area contributed by atoms with Crippen molar-refractivity contribution in [3.63, 3.8) is 0 Å². The third-order valence-electron chi connectivity index (χ3n) is 1.84. The minimum atomic E-state index is -0.538. The third-order valence-corrected chi connectivity index (χ3v) is 1.84. The molecule has 0 heterocycles. The average molecular weight is 196 g/mol. The number of allylic oxidation sites excluding steroid dienone is 1. The molecular weight excluding hydrogens is 183 g/mol. The number of halogens is 1. The van der Waals surface area contributed by atoms with Crippen molar-refractivity contribution < 1.29 is 14.2 Å². The molecule has 2 nitrogen and oxygen atoms in total. The lowest BCUT2D eigenvalue weighted by molar-refractivity contribution is 0.297. The van der Waals surface area contributed by atoms with Gasteiger partial charge in [0.1, 0.15) is 11.6 Å². The molecule has 0 aliphatic heterocycles. The second-order valence-corrected chi connectivity index (χ2v) is 2.86. The van der Waals surface area contributed by atoms with Gasteiger partial charge in [0.2, 0.25) is 0 Å². The molecule has 0 amide bonds. The minimum Gasteiger partial charge on any atom is -0.497 e. The molecule has 0 aliphatic carbocycles. The van der Waals surface area contributed by atoms with Crippen LogP contribution < -0.4 is 4.74 Å². The molecule has 76 valence electrons. The third kappa shape index (κ3) is 3.18. The van der Waals surface area contributed by atoms with Crippen LogP contribution in [0.4, 0.5) is 4.39 Å². The quantitative estimate of drug-likeness (QED) is 0.798. The van der Waals surface area contributed by atoms with Crippen LogP contribution in [-0.4, -0.2) is 18.8 Å². The van der Waals surface area contributed by atoms with Crippen molar-refractivity contribution in [2.75, 3.05) is 13.7 Å². The Hall–Kier alpha value is -1.35. The number of hydrogen-bond donors (Lipinski definition) is 1. The molecule has 0 saturated carbocycles. The van der Waals surface area contributed by atoms with Crippen LogP contribution in [0.3, 0.4) is 0 Å². The van der Waals surface area contributed by atoms with Gasteiger partial charge in [0, 0.05) is 0 Å². The van der Waals surface area contributed by atoms with E-state index in [0.717, 1.165) is 11.3 Å². The minimum absolute atomic E-state index is 0.462. The van der Waals surface area contributed by atoms with E-state index in [1.165, 1.54) is 6.08 Å². The second kappa shape index (κ2) is 5.40. The van der Waals surface area contributed by atoms with Crippen LogP contribution in [0.25, 0.3) is 0 Å². The second-order valence-electron chi connectivity index (χ2n) is 2.86. The summed E-state index contributed by atoms with van der Waals surface area (Å²) in [5, 5.41) is 8.45. The fraction of sp³-hybridized carbons (Fsp3) is 0.273. The number of benzene rings is 1. The molecule has 0 aliphatic rings. The number of hydrogen-bond acceptors (Lipinski definition) is 2. The summed E-state index contributed by atoms with van der Waals surface area (Å²) in [6.45, 7) is -0.538. The van der Waals surface area contributed by atoms with Crippen LogP contribution in [-0.2, 0) is 6.42 Å². The summed E-state index contributed by atoms with van der Waals surface area (Å²) in [4.78, 5) is 0. The van der Waals surface area contributed by atoms with E-state index in [4.69, 9.17) is 9.84 Å². The Kier molecular flexibility index (Phi) is 4.13. The van der Waals surface area contributed by atoms with Crippen molar-refractivity contribution in [3.8, 4) is 5.75 Å². The molecule has 14 heavy (non-hydrogen) atoms. The summed E-state index contributed by atoms with van der Waals surface area (Å²) in [5.41, 5.74) is 0.952. The zero-order valence-corrected chi connectivity index (χ0v) is 8.03. The highest BCUT2D eigenvalue weighted by Crippen LogP contribution is 2.13. The highest BCUT2D eigenvalue weighted by molar-refractivity contribution is 5.29. The molecule has 0 spiro atoms. The van der Waals surface area contributed by atoms with Crippen LogP contribution in [0.15, 0.2) is 36.2 Å². The lowest BCUT2D eigenvalue weighted by Gasteiger charge is -2.01. The van der Waals surface area contributed by atoms with Crippen molar-refractivity contribution in [3.05, 3.63) is 41.7 Å². The summed E-state index contributed by atoms with van der Waals surface area (Å²) in [6, 6.07) is 7.39. The maximum absolute atomic E-state index is 12.6. The highest BCUT2D eigenvalue weighted by atomic mass is 19.1. The SMILES string of the molecule is COc1cccc(C/C=C(/F)CO)c1. The summed E-state index contributed by atoms with van der Waals surface area (Å²) in [6.07, 6.45) is 1.82. The number of ether oxygens (including phenoxy) is 1. The van der Waals surface area contributed by atoms with E-state index in [0.29, 0.717) is 6.42 Å². The van der Waals surface area contributed by atoms with Gasteiger partial charge < -0.3 is 9.84 Å². The molecule has 0 saturated heterocycles. The predicted octanol–water partition coefficient (Wildman–Crippen LogP) is 2.08. The van der Waals surface area contributed by atoms with Gasteiger partial charge in [-0.2, -0.15) is 0 Å². The van der Waals surface area contributed by atoms with Crippen LogP contribution in [0.5, 0.6) is 5.75 Å². The van der Waals surface area contributed by atoms with E-state index < -0.39 is 12.4 Å². The number of methoxy groups -OCH3 is 1. The topological polar surface area (TPSA) is 29.5 Å². The first-order chi connectivity index (χ1) is 6.76. The number of aliphatic hydroxyl groups excluding tert-OH is 1. The van der Waals surface area contributed by atoms with E-state index >= 15 is 0 Å². The Labute approximate surface area is 82.6 Å². The lowest BCUT2D eigenvalue weighted by Crippen LogP contribution is -1.88. The van der Waals surface area contributed by atoms with E-state index in [1.54, 1.807) is 7.11 Å². The largest absolute Gasteiger partial charge is 0.497 e. The summed E-state index contributed by atoms with van der Waals surface area (Å²) < 4.78 is 17.6. The van der Waals surface area contributed by atoms with Gasteiger partial charge in [-0.15, -0.1) is 0 Å². The molecule has 0 radical (unpaired) electrons. The number of aliphatic hydroxyl groups is 1. The fourth-order valence-corrected chi connectivity index (χ4v) is 1.09. The Morgan fingerprint density at radius 2 is 2.36 bits per heavy atom. The lowest BCUT2D eigenvalue weighted by atomic mass is 10.1. The van der Waals surface area contributed by atoms with Gasteiger partial charge in [0.25, 0.3) is 0 Å². The summed E-state index contributed by atoms with van der Waals surface area (Å²) in [5.74, 6) is 0.244. The van der Waals surface area contributed by atoms with Gasteiger partial charge in [-0.05, 0) is 30.2 Å². The van der Waals surface area contributed by atoms with Gasteiger partial charge in [-0.25, -0.2) is 4.39 Å². The fourth-order valence-electron chi connectivity index (χ4n) is 1.09. The molecule has 0 aromatic heterocycles. The van der Waals surface area contributed by atoms with Gasteiger partial charge in [0.05, 0.1) is 13.7 Å². The zero-order chi connectivity index (χ0) is 10.4. The van der Waals surface area contributed by atoms with Crippen LogP contribution in [0.2, 0.25) is 0 Å². The Balaban J connectivity index is 2.67. The highest BCUT2D eigenvalue weighted by Gasteiger charge is 1.95. The van der Waals surface area contributed by atoms with Crippen molar-refractivity contribution in [1.29, 1.82) is 0 Å².